The van der Waals surface area contributed by atoms with Crippen molar-refractivity contribution in [2.45, 2.75) is 38.8 Å². The van der Waals surface area contributed by atoms with E-state index in [-0.39, 0.29) is 6.04 Å². The van der Waals surface area contributed by atoms with Crippen molar-refractivity contribution in [2.24, 2.45) is 5.73 Å². The van der Waals surface area contributed by atoms with Crippen LogP contribution in [0.3, 0.4) is 0 Å². The number of benzene rings is 1. The molecule has 1 saturated heterocycles. The average Bonchev–Trinajstić information content (AvgIpc) is 2.51. The molecule has 0 aliphatic carbocycles. The number of ether oxygens (including phenoxy) is 2. The molecule has 0 bridgehead atoms. The van der Waals surface area contributed by atoms with Crippen molar-refractivity contribution in [3.05, 3.63) is 29.8 Å². The predicted molar refractivity (Wildman–Crippen MR) is 85.6 cm³/mol. The minimum absolute atomic E-state index is 0.268. The number of piperidine rings is 1. The van der Waals surface area contributed by atoms with Gasteiger partial charge in [0.25, 0.3) is 0 Å². The van der Waals surface area contributed by atoms with Crippen LogP contribution in [-0.2, 0) is 4.74 Å². The van der Waals surface area contributed by atoms with E-state index in [0.717, 1.165) is 31.9 Å². The summed E-state index contributed by atoms with van der Waals surface area (Å²) in [6, 6.07) is 8.60. The molecule has 1 aromatic rings. The SMILES string of the molecule is CCOc1ccc(C(CN)N2CCCC(OCC)C2)cc1. The Bertz CT molecular complexity index is 406. The van der Waals surface area contributed by atoms with Gasteiger partial charge in [0.1, 0.15) is 5.75 Å². The van der Waals surface area contributed by atoms with Gasteiger partial charge in [-0.3, -0.25) is 4.90 Å². The molecule has 4 heteroatoms. The summed E-state index contributed by atoms with van der Waals surface area (Å²) >= 11 is 0. The molecule has 1 aliphatic heterocycles. The van der Waals surface area contributed by atoms with Crippen LogP contribution in [0.4, 0.5) is 0 Å². The summed E-state index contributed by atoms with van der Waals surface area (Å²) < 4.78 is 11.3. The fraction of sp³-hybridized carbons (Fsp3) is 0.647. The lowest BCUT2D eigenvalue weighted by Crippen LogP contribution is -2.44. The smallest absolute Gasteiger partial charge is 0.119 e. The summed E-state index contributed by atoms with van der Waals surface area (Å²) in [5.41, 5.74) is 7.30. The van der Waals surface area contributed by atoms with Crippen molar-refractivity contribution < 1.29 is 9.47 Å². The summed E-state index contributed by atoms with van der Waals surface area (Å²) in [4.78, 5) is 2.46. The lowest BCUT2D eigenvalue weighted by atomic mass is 10.0. The van der Waals surface area contributed by atoms with Crippen LogP contribution in [0.15, 0.2) is 24.3 Å². The van der Waals surface area contributed by atoms with Gasteiger partial charge in [0.2, 0.25) is 0 Å². The predicted octanol–water partition coefficient (Wildman–Crippen LogP) is 2.59. The second-order valence-electron chi connectivity index (χ2n) is 5.47. The molecule has 0 saturated carbocycles. The maximum Gasteiger partial charge on any atom is 0.119 e. The first-order valence-corrected chi connectivity index (χ1v) is 8.07. The molecule has 0 amide bonds. The monoisotopic (exact) mass is 292 g/mol. The van der Waals surface area contributed by atoms with Crippen LogP contribution in [-0.4, -0.2) is 43.9 Å². The third-order valence-corrected chi connectivity index (χ3v) is 4.05. The fourth-order valence-electron chi connectivity index (χ4n) is 3.07. The van der Waals surface area contributed by atoms with Gasteiger partial charge < -0.3 is 15.2 Å². The van der Waals surface area contributed by atoms with Crippen LogP contribution in [0.1, 0.15) is 38.3 Å². The van der Waals surface area contributed by atoms with E-state index >= 15 is 0 Å². The molecule has 0 radical (unpaired) electrons. The van der Waals surface area contributed by atoms with Gasteiger partial charge in [0, 0.05) is 25.7 Å². The Hall–Kier alpha value is -1.10. The molecule has 2 rings (SSSR count). The Morgan fingerprint density at radius 1 is 1.24 bits per heavy atom. The van der Waals surface area contributed by atoms with Crippen molar-refractivity contribution >= 4 is 0 Å². The standard InChI is InChI=1S/C17H28N2O2/c1-3-20-15-9-7-14(8-10-15)17(12-18)19-11-5-6-16(13-19)21-4-2/h7-10,16-17H,3-6,11-13,18H2,1-2H3. The lowest BCUT2D eigenvalue weighted by molar-refractivity contribution is -0.00660. The highest BCUT2D eigenvalue weighted by molar-refractivity contribution is 5.29. The molecule has 1 heterocycles. The first-order chi connectivity index (χ1) is 10.3. The highest BCUT2D eigenvalue weighted by atomic mass is 16.5. The topological polar surface area (TPSA) is 47.7 Å². The van der Waals surface area contributed by atoms with Crippen LogP contribution >= 0.6 is 0 Å². The van der Waals surface area contributed by atoms with Crippen LogP contribution < -0.4 is 10.5 Å². The van der Waals surface area contributed by atoms with Crippen LogP contribution in [0.5, 0.6) is 5.75 Å². The van der Waals surface area contributed by atoms with Gasteiger partial charge in [-0.05, 0) is 50.9 Å². The van der Waals surface area contributed by atoms with Crippen molar-refractivity contribution in [1.29, 1.82) is 0 Å². The van der Waals surface area contributed by atoms with Crippen molar-refractivity contribution in [2.75, 3.05) is 32.8 Å². The molecular formula is C17H28N2O2. The summed E-state index contributed by atoms with van der Waals surface area (Å²) in [5.74, 6) is 0.919. The average molecular weight is 292 g/mol. The van der Waals surface area contributed by atoms with Crippen LogP contribution in [0.2, 0.25) is 0 Å². The number of rotatable bonds is 7. The van der Waals surface area contributed by atoms with Gasteiger partial charge in [0.05, 0.1) is 12.7 Å². The Kier molecular flexibility index (Phi) is 6.49. The number of hydrogen-bond acceptors (Lipinski definition) is 4. The molecule has 4 nitrogen and oxygen atoms in total. The van der Waals surface area contributed by atoms with Gasteiger partial charge >= 0.3 is 0 Å². The maximum atomic E-state index is 6.04. The molecule has 1 aromatic carbocycles. The molecule has 2 atom stereocenters. The van der Waals surface area contributed by atoms with Gasteiger partial charge in [0.15, 0.2) is 0 Å². The van der Waals surface area contributed by atoms with Crippen molar-refractivity contribution in [1.82, 2.24) is 4.90 Å². The normalized spacial score (nSPS) is 21.2. The molecule has 0 spiro atoms. The molecule has 0 aromatic heterocycles. The molecular weight excluding hydrogens is 264 g/mol. The molecule has 21 heavy (non-hydrogen) atoms. The summed E-state index contributed by atoms with van der Waals surface area (Å²) in [6.45, 7) is 8.25. The molecule has 2 N–H and O–H groups in total. The summed E-state index contributed by atoms with van der Waals surface area (Å²) in [7, 11) is 0. The Morgan fingerprint density at radius 2 is 2.00 bits per heavy atom. The molecule has 118 valence electrons. The zero-order chi connectivity index (χ0) is 15.1. The molecule has 1 fully saturated rings. The number of nitrogens with zero attached hydrogens (tertiary/aromatic N) is 1. The number of nitrogens with two attached hydrogens (primary N) is 1. The van der Waals surface area contributed by atoms with Gasteiger partial charge in [-0.1, -0.05) is 12.1 Å². The largest absolute Gasteiger partial charge is 0.494 e. The van der Waals surface area contributed by atoms with E-state index in [1.54, 1.807) is 0 Å². The lowest BCUT2D eigenvalue weighted by Gasteiger charge is -2.37. The molecule has 1 aliphatic rings. The van der Waals surface area contributed by atoms with Crippen molar-refractivity contribution in [3.8, 4) is 5.75 Å². The Balaban J connectivity index is 2.04. The Labute approximate surface area is 128 Å². The summed E-state index contributed by atoms with van der Waals surface area (Å²) in [6.07, 6.45) is 2.68. The number of likely N-dealkylation sites (tertiary alicyclic amines) is 1. The first-order valence-electron chi connectivity index (χ1n) is 8.07. The fourth-order valence-corrected chi connectivity index (χ4v) is 3.07. The third-order valence-electron chi connectivity index (χ3n) is 4.05. The van der Waals surface area contributed by atoms with Crippen molar-refractivity contribution in [3.63, 3.8) is 0 Å². The maximum absolute atomic E-state index is 6.04. The highest BCUT2D eigenvalue weighted by Crippen LogP contribution is 2.26. The zero-order valence-corrected chi connectivity index (χ0v) is 13.3. The second kappa shape index (κ2) is 8.37. The van der Waals surface area contributed by atoms with Crippen LogP contribution in [0, 0.1) is 0 Å². The van der Waals surface area contributed by atoms with E-state index in [1.165, 1.54) is 12.0 Å². The highest BCUT2D eigenvalue weighted by Gasteiger charge is 2.26. The first kappa shape index (κ1) is 16.3. The quantitative estimate of drug-likeness (QED) is 0.839. The van der Waals surface area contributed by atoms with Gasteiger partial charge in [-0.15, -0.1) is 0 Å². The molecule has 2 unspecified atom stereocenters. The van der Waals surface area contributed by atoms with E-state index < -0.39 is 0 Å². The van der Waals surface area contributed by atoms with E-state index in [2.05, 4.69) is 24.0 Å². The van der Waals surface area contributed by atoms with Crippen LogP contribution in [0.25, 0.3) is 0 Å². The second-order valence-corrected chi connectivity index (χ2v) is 5.47. The van der Waals surface area contributed by atoms with E-state index in [4.69, 9.17) is 15.2 Å². The number of hydrogen-bond donors (Lipinski definition) is 1. The minimum Gasteiger partial charge on any atom is -0.494 e. The summed E-state index contributed by atoms with van der Waals surface area (Å²) in [5, 5.41) is 0. The van der Waals surface area contributed by atoms with E-state index in [0.29, 0.717) is 19.3 Å². The minimum atomic E-state index is 0.268. The Morgan fingerprint density at radius 3 is 2.62 bits per heavy atom. The van der Waals surface area contributed by atoms with Gasteiger partial charge in [-0.2, -0.15) is 0 Å². The zero-order valence-electron chi connectivity index (χ0n) is 13.3. The van der Waals surface area contributed by atoms with E-state index in [1.807, 2.05) is 19.1 Å². The van der Waals surface area contributed by atoms with E-state index in [9.17, 15) is 0 Å². The third kappa shape index (κ3) is 4.43. The van der Waals surface area contributed by atoms with Gasteiger partial charge in [-0.25, -0.2) is 0 Å².